The molecule has 2 aromatic carbocycles. The number of urea groups is 1. The maximum absolute atomic E-state index is 14.0. The summed E-state index contributed by atoms with van der Waals surface area (Å²) in [6.45, 7) is 4.78. The van der Waals surface area contributed by atoms with Crippen molar-refractivity contribution in [1.29, 1.82) is 0 Å². The van der Waals surface area contributed by atoms with E-state index in [4.69, 9.17) is 18.9 Å². The average Bonchev–Trinajstić information content (AvgIpc) is 2.98. The first kappa shape index (κ1) is 28.3. The van der Waals surface area contributed by atoms with Crippen molar-refractivity contribution in [3.8, 4) is 17.2 Å². The molecule has 1 saturated carbocycles. The summed E-state index contributed by atoms with van der Waals surface area (Å²) >= 11 is 0. The molecule has 1 aliphatic heterocycles. The van der Waals surface area contributed by atoms with Gasteiger partial charge >= 0.3 is 12.0 Å². The first-order valence-corrected chi connectivity index (χ1v) is 13.7. The fourth-order valence-corrected chi connectivity index (χ4v) is 5.61. The first-order chi connectivity index (χ1) is 18.9. The second-order valence-electron chi connectivity index (χ2n) is 10.1. The number of carbonyl (C=O) groups excluding carboxylic acids is 2. The van der Waals surface area contributed by atoms with Gasteiger partial charge in [-0.25, -0.2) is 9.59 Å². The molecule has 4 rings (SSSR count). The zero-order valence-corrected chi connectivity index (χ0v) is 23.7. The van der Waals surface area contributed by atoms with Gasteiger partial charge in [0, 0.05) is 23.9 Å². The van der Waals surface area contributed by atoms with E-state index in [2.05, 4.69) is 0 Å². The van der Waals surface area contributed by atoms with Gasteiger partial charge in [-0.15, -0.1) is 0 Å². The van der Waals surface area contributed by atoms with Gasteiger partial charge < -0.3 is 23.8 Å². The van der Waals surface area contributed by atoms with Crippen LogP contribution >= 0.6 is 0 Å². The van der Waals surface area contributed by atoms with Crippen LogP contribution in [-0.4, -0.2) is 56.3 Å². The third-order valence-corrected chi connectivity index (χ3v) is 7.82. The van der Waals surface area contributed by atoms with E-state index >= 15 is 0 Å². The maximum atomic E-state index is 14.0. The number of ether oxygens (including phenoxy) is 4. The second-order valence-corrected chi connectivity index (χ2v) is 10.1. The first-order valence-electron chi connectivity index (χ1n) is 13.7. The fourth-order valence-electron chi connectivity index (χ4n) is 5.61. The van der Waals surface area contributed by atoms with E-state index in [-0.39, 0.29) is 18.5 Å². The van der Waals surface area contributed by atoms with Crippen molar-refractivity contribution in [2.24, 2.45) is 5.92 Å². The maximum Gasteiger partial charge on any atom is 0.338 e. The van der Waals surface area contributed by atoms with E-state index in [1.807, 2.05) is 50.2 Å². The van der Waals surface area contributed by atoms with Crippen molar-refractivity contribution in [2.45, 2.75) is 58.5 Å². The van der Waals surface area contributed by atoms with Crippen molar-refractivity contribution in [3.05, 3.63) is 64.9 Å². The summed E-state index contributed by atoms with van der Waals surface area (Å²) in [4.78, 5) is 31.2. The van der Waals surface area contributed by atoms with Crippen molar-refractivity contribution in [2.75, 3.05) is 34.5 Å². The smallest absolute Gasteiger partial charge is 0.338 e. The van der Waals surface area contributed by atoms with E-state index in [9.17, 15) is 9.59 Å². The van der Waals surface area contributed by atoms with Crippen LogP contribution in [0.25, 0.3) is 0 Å². The monoisotopic (exact) mass is 536 g/mol. The largest absolute Gasteiger partial charge is 0.497 e. The zero-order valence-electron chi connectivity index (χ0n) is 23.7. The Morgan fingerprint density at radius 3 is 2.33 bits per heavy atom. The summed E-state index contributed by atoms with van der Waals surface area (Å²) in [5.74, 6) is 1.92. The normalized spacial score (nSPS) is 18.3. The Morgan fingerprint density at radius 2 is 1.67 bits per heavy atom. The number of carbonyl (C=O) groups is 2. The minimum absolute atomic E-state index is 0.190. The number of benzene rings is 2. The van der Waals surface area contributed by atoms with Crippen molar-refractivity contribution >= 4 is 12.0 Å². The number of nitrogens with zero attached hydrogens (tertiary/aromatic N) is 2. The highest BCUT2D eigenvalue weighted by atomic mass is 16.5. The van der Waals surface area contributed by atoms with Crippen LogP contribution in [0.5, 0.6) is 17.2 Å². The van der Waals surface area contributed by atoms with Crippen LogP contribution in [-0.2, 0) is 16.1 Å². The van der Waals surface area contributed by atoms with Crippen LogP contribution < -0.4 is 14.2 Å². The quantitative estimate of drug-likeness (QED) is 0.341. The van der Waals surface area contributed by atoms with E-state index < -0.39 is 6.04 Å². The van der Waals surface area contributed by atoms with E-state index in [1.165, 1.54) is 19.3 Å². The molecular formula is C31H40N2O6. The number of hydrogen-bond donors (Lipinski definition) is 0. The SMILES string of the molecule is CCN1C(=O)N(Cc2ccc(OC)cc2OC)C(C)=C(C(=O)OCC2CCCCC2)C1c1cccc(OC)c1. The van der Waals surface area contributed by atoms with Crippen molar-refractivity contribution in [3.63, 3.8) is 0 Å². The molecule has 2 aliphatic rings. The molecule has 8 nitrogen and oxygen atoms in total. The third-order valence-electron chi connectivity index (χ3n) is 7.82. The molecule has 0 bridgehead atoms. The van der Waals surface area contributed by atoms with Gasteiger partial charge in [0.2, 0.25) is 0 Å². The number of esters is 1. The number of methoxy groups -OCH3 is 3. The minimum atomic E-state index is -0.592. The topological polar surface area (TPSA) is 77.5 Å². The molecule has 1 atom stereocenters. The molecule has 1 unspecified atom stereocenters. The Morgan fingerprint density at radius 1 is 0.949 bits per heavy atom. The van der Waals surface area contributed by atoms with Crippen LogP contribution in [0.3, 0.4) is 0 Å². The molecule has 0 spiro atoms. The van der Waals surface area contributed by atoms with Gasteiger partial charge in [0.1, 0.15) is 17.2 Å². The Labute approximate surface area is 231 Å². The highest BCUT2D eigenvalue weighted by Crippen LogP contribution is 2.40. The number of hydrogen-bond acceptors (Lipinski definition) is 6. The highest BCUT2D eigenvalue weighted by Gasteiger charge is 2.42. The summed E-state index contributed by atoms with van der Waals surface area (Å²) in [5, 5.41) is 0. The molecule has 0 aromatic heterocycles. The summed E-state index contributed by atoms with van der Waals surface area (Å²) in [5.41, 5.74) is 2.64. The van der Waals surface area contributed by atoms with Crippen molar-refractivity contribution < 1.29 is 28.5 Å². The summed E-state index contributed by atoms with van der Waals surface area (Å²) in [6.07, 6.45) is 5.74. The molecule has 2 amide bonds. The van der Waals surface area contributed by atoms with Gasteiger partial charge in [0.05, 0.1) is 46.1 Å². The average molecular weight is 537 g/mol. The molecule has 0 radical (unpaired) electrons. The standard InChI is InChI=1S/C31H40N2O6/c1-6-32-29(23-13-10-14-25(17-23)36-3)28(30(34)39-20-22-11-8-7-9-12-22)21(2)33(31(32)35)19-24-15-16-26(37-4)18-27(24)38-5/h10,13-18,22,29H,6-9,11-12,19-20H2,1-5H3. The number of rotatable bonds is 10. The van der Waals surface area contributed by atoms with E-state index in [0.717, 1.165) is 24.0 Å². The lowest BCUT2D eigenvalue weighted by molar-refractivity contribution is -0.141. The predicted molar refractivity (Wildman–Crippen MR) is 149 cm³/mol. The van der Waals surface area contributed by atoms with Gasteiger partial charge in [0.15, 0.2) is 0 Å². The van der Waals surface area contributed by atoms with Gasteiger partial charge in [-0.3, -0.25) is 4.90 Å². The lowest BCUT2D eigenvalue weighted by Gasteiger charge is -2.42. The Kier molecular flexibility index (Phi) is 9.38. The number of likely N-dealkylation sites (N-methyl/N-ethyl adjacent to an activating group) is 1. The lowest BCUT2D eigenvalue weighted by atomic mass is 9.90. The molecule has 2 aromatic rings. The molecule has 1 aliphatic carbocycles. The molecule has 0 saturated heterocycles. The lowest BCUT2D eigenvalue weighted by Crippen LogP contribution is -2.50. The van der Waals surface area contributed by atoms with E-state index in [0.29, 0.717) is 47.6 Å². The van der Waals surface area contributed by atoms with Gasteiger partial charge in [-0.05, 0) is 62.4 Å². The molecule has 8 heteroatoms. The van der Waals surface area contributed by atoms with Crippen LogP contribution in [0.4, 0.5) is 4.79 Å². The van der Waals surface area contributed by atoms with Crippen LogP contribution in [0.15, 0.2) is 53.7 Å². The van der Waals surface area contributed by atoms with Crippen molar-refractivity contribution in [1.82, 2.24) is 9.80 Å². The Hall–Kier alpha value is -3.68. The van der Waals surface area contributed by atoms with Gasteiger partial charge in [-0.2, -0.15) is 0 Å². The molecule has 1 fully saturated rings. The van der Waals surface area contributed by atoms with Crippen LogP contribution in [0.2, 0.25) is 0 Å². The van der Waals surface area contributed by atoms with Gasteiger partial charge in [0.25, 0.3) is 0 Å². The van der Waals surface area contributed by atoms with Crippen LogP contribution in [0, 0.1) is 5.92 Å². The fraction of sp³-hybridized carbons (Fsp3) is 0.484. The van der Waals surface area contributed by atoms with E-state index in [1.54, 1.807) is 37.2 Å². The highest BCUT2D eigenvalue weighted by molar-refractivity contribution is 5.95. The second kappa shape index (κ2) is 12.9. The molecule has 210 valence electrons. The Balaban J connectivity index is 1.75. The molecule has 39 heavy (non-hydrogen) atoms. The molecular weight excluding hydrogens is 496 g/mol. The van der Waals surface area contributed by atoms with Gasteiger partial charge in [-0.1, -0.05) is 31.4 Å². The summed E-state index contributed by atoms with van der Waals surface area (Å²) in [6, 6.07) is 12.3. The third kappa shape index (κ3) is 6.15. The number of allylic oxidation sites excluding steroid dienone is 1. The number of amides is 2. The predicted octanol–water partition coefficient (Wildman–Crippen LogP) is 6.11. The molecule has 1 heterocycles. The zero-order chi connectivity index (χ0) is 27.9. The molecule has 0 N–H and O–H groups in total. The minimum Gasteiger partial charge on any atom is -0.497 e. The Bertz CT molecular complexity index is 1200. The summed E-state index contributed by atoms with van der Waals surface area (Å²) in [7, 11) is 4.79. The van der Waals surface area contributed by atoms with Crippen LogP contribution in [0.1, 0.15) is 63.1 Å². The summed E-state index contributed by atoms with van der Waals surface area (Å²) < 4.78 is 22.4.